The number of likely N-dealkylation sites (tertiary alicyclic amines) is 1. The largest absolute Gasteiger partial charge is 0.481 e. The summed E-state index contributed by atoms with van der Waals surface area (Å²) in [5.74, 6) is -0.756. The number of carboxylic acids is 1. The third kappa shape index (κ3) is 8.94. The minimum Gasteiger partial charge on any atom is -0.481 e. The Labute approximate surface area is 271 Å². The molecule has 2 heterocycles. The molecule has 10 nitrogen and oxygen atoms in total. The molecule has 46 heavy (non-hydrogen) atoms. The van der Waals surface area contributed by atoms with Gasteiger partial charge in [0.2, 0.25) is 11.8 Å². The molecule has 0 bridgehead atoms. The molecule has 10 heteroatoms. The van der Waals surface area contributed by atoms with E-state index in [2.05, 4.69) is 15.5 Å². The first-order valence-electron chi connectivity index (χ1n) is 16.7. The van der Waals surface area contributed by atoms with E-state index in [1.54, 1.807) is 12.1 Å². The number of nitrogens with one attached hydrogen (secondary N) is 2. The van der Waals surface area contributed by atoms with Crippen LogP contribution in [0.3, 0.4) is 0 Å². The molecule has 2 amide bonds. The van der Waals surface area contributed by atoms with Gasteiger partial charge in [0.05, 0.1) is 31.3 Å². The molecule has 250 valence electrons. The summed E-state index contributed by atoms with van der Waals surface area (Å²) in [6.07, 6.45) is 5.53. The maximum Gasteiger partial charge on any atom is 0.303 e. The fraction of sp³-hybridized carbons (Fsp3) is 0.583. The number of aliphatic carboxylic acids is 1. The number of aliphatic hydroxyl groups excluding tert-OH is 1. The average Bonchev–Trinajstić information content (AvgIpc) is 3.03. The van der Waals surface area contributed by atoms with Gasteiger partial charge >= 0.3 is 5.97 Å². The second kappa shape index (κ2) is 15.1. The molecule has 1 saturated carbocycles. The highest BCUT2D eigenvalue weighted by molar-refractivity contribution is 5.92. The van der Waals surface area contributed by atoms with Gasteiger partial charge in [-0.2, -0.15) is 0 Å². The van der Waals surface area contributed by atoms with E-state index in [0.29, 0.717) is 30.6 Å². The standard InChI is InChI=1S/C36H49N3O7/c1-36(2,3)38-34(44)30-16-15-24-7-4-5-10-29(24)39(30)21-28-20-31(25-13-11-23(22-40)12-14-25)46-35(45-28)26-8-6-9-27(19-26)37-32(41)17-18-33(42)43/h6,8-9,11-14,19,24,28-31,35,40H,4-5,7,10,15-18,20-22H2,1-3H3,(H,37,41)(H,38,44)(H,42,43)/t24-,28+,29-,30-,31-,35-/m1/s1. The quantitative estimate of drug-likeness (QED) is 0.270. The molecule has 2 saturated heterocycles. The van der Waals surface area contributed by atoms with Crippen LogP contribution >= 0.6 is 0 Å². The highest BCUT2D eigenvalue weighted by atomic mass is 16.7. The lowest BCUT2D eigenvalue weighted by atomic mass is 9.75. The number of carboxylic acid groups (broad SMARTS) is 1. The Morgan fingerprint density at radius 2 is 1.70 bits per heavy atom. The number of nitrogens with zero attached hydrogens (tertiary/aromatic N) is 1. The fourth-order valence-electron chi connectivity index (χ4n) is 7.20. The van der Waals surface area contributed by atoms with Gasteiger partial charge in [0, 0.05) is 42.2 Å². The van der Waals surface area contributed by atoms with Crippen molar-refractivity contribution in [3.8, 4) is 0 Å². The first-order chi connectivity index (χ1) is 22.0. The molecule has 0 aromatic heterocycles. The molecule has 0 spiro atoms. The number of aliphatic hydroxyl groups is 1. The summed E-state index contributed by atoms with van der Waals surface area (Å²) in [4.78, 5) is 39.4. The number of hydrogen-bond acceptors (Lipinski definition) is 7. The van der Waals surface area contributed by atoms with Gasteiger partial charge in [-0.3, -0.25) is 19.3 Å². The van der Waals surface area contributed by atoms with Crippen LogP contribution in [-0.2, 0) is 30.5 Å². The number of benzene rings is 2. The average molecular weight is 636 g/mol. The van der Waals surface area contributed by atoms with Gasteiger partial charge in [-0.05, 0) is 75.6 Å². The maximum atomic E-state index is 13.7. The van der Waals surface area contributed by atoms with E-state index in [1.807, 2.05) is 57.2 Å². The molecule has 0 radical (unpaired) electrons. The SMILES string of the molecule is CC(C)(C)NC(=O)[C@H]1CC[C@H]2CCCC[C@H]2N1C[C@@H]1C[C@H](c2ccc(CO)cc2)O[C@H](c2cccc(NC(=O)CCC(=O)O)c2)O1. The first kappa shape index (κ1) is 34.0. The number of anilines is 1. The van der Waals surface area contributed by atoms with Crippen LogP contribution in [0.1, 0.15) is 108 Å². The van der Waals surface area contributed by atoms with Gasteiger partial charge in [0.1, 0.15) is 0 Å². The van der Waals surface area contributed by atoms with Gasteiger partial charge in [0.25, 0.3) is 0 Å². The molecule has 2 aliphatic heterocycles. The maximum absolute atomic E-state index is 13.7. The summed E-state index contributed by atoms with van der Waals surface area (Å²) >= 11 is 0. The summed E-state index contributed by atoms with van der Waals surface area (Å²) in [6.45, 7) is 6.61. The van der Waals surface area contributed by atoms with Crippen molar-refractivity contribution in [1.82, 2.24) is 10.2 Å². The molecule has 3 fully saturated rings. The molecule has 1 aliphatic carbocycles. The zero-order valence-electron chi connectivity index (χ0n) is 27.2. The Bertz CT molecular complexity index is 1360. The molecular formula is C36H49N3O7. The summed E-state index contributed by atoms with van der Waals surface area (Å²) in [6, 6.07) is 15.1. The minimum absolute atomic E-state index is 0.0410. The molecule has 2 aromatic carbocycles. The van der Waals surface area contributed by atoms with Crippen LogP contribution in [-0.4, -0.2) is 63.2 Å². The van der Waals surface area contributed by atoms with Crippen molar-refractivity contribution in [2.45, 2.75) is 121 Å². The lowest BCUT2D eigenvalue weighted by molar-refractivity contribution is -0.255. The van der Waals surface area contributed by atoms with Crippen molar-refractivity contribution in [3.05, 3.63) is 65.2 Å². The van der Waals surface area contributed by atoms with Gasteiger partial charge in [-0.25, -0.2) is 0 Å². The number of amides is 2. The topological polar surface area (TPSA) is 137 Å². The zero-order chi connectivity index (χ0) is 32.8. The van der Waals surface area contributed by atoms with Crippen LogP contribution in [0.15, 0.2) is 48.5 Å². The van der Waals surface area contributed by atoms with Crippen molar-refractivity contribution in [3.63, 3.8) is 0 Å². The van der Waals surface area contributed by atoms with Gasteiger partial charge < -0.3 is 30.3 Å². The van der Waals surface area contributed by atoms with Crippen LogP contribution < -0.4 is 10.6 Å². The lowest BCUT2D eigenvalue weighted by Gasteiger charge is -2.50. The Morgan fingerprint density at radius 1 is 0.935 bits per heavy atom. The number of hydrogen-bond donors (Lipinski definition) is 4. The summed E-state index contributed by atoms with van der Waals surface area (Å²) < 4.78 is 13.3. The summed E-state index contributed by atoms with van der Waals surface area (Å²) in [7, 11) is 0. The molecule has 0 unspecified atom stereocenters. The van der Waals surface area contributed by atoms with E-state index >= 15 is 0 Å². The summed E-state index contributed by atoms with van der Waals surface area (Å²) in [5, 5.41) is 24.6. The molecule has 2 aromatic rings. The van der Waals surface area contributed by atoms with Crippen molar-refractivity contribution in [1.29, 1.82) is 0 Å². The number of fused-ring (bicyclic) bond motifs is 1. The highest BCUT2D eigenvalue weighted by Crippen LogP contribution is 2.42. The van der Waals surface area contributed by atoms with E-state index in [1.165, 1.54) is 12.8 Å². The molecule has 3 aliphatic rings. The number of carbonyl (C=O) groups excluding carboxylic acids is 2. The van der Waals surface area contributed by atoms with Crippen molar-refractivity contribution >= 4 is 23.5 Å². The predicted octanol–water partition coefficient (Wildman–Crippen LogP) is 5.47. The fourth-order valence-corrected chi connectivity index (χ4v) is 7.20. The molecule has 6 atom stereocenters. The van der Waals surface area contributed by atoms with Crippen LogP contribution in [0.25, 0.3) is 0 Å². The predicted molar refractivity (Wildman–Crippen MR) is 174 cm³/mol. The van der Waals surface area contributed by atoms with E-state index in [-0.39, 0.29) is 55.1 Å². The third-order valence-corrected chi connectivity index (χ3v) is 9.34. The van der Waals surface area contributed by atoms with Crippen molar-refractivity contribution in [2.24, 2.45) is 5.92 Å². The van der Waals surface area contributed by atoms with Crippen molar-refractivity contribution in [2.75, 3.05) is 11.9 Å². The Morgan fingerprint density at radius 3 is 2.41 bits per heavy atom. The Hall–Kier alpha value is -3.31. The third-order valence-electron chi connectivity index (χ3n) is 9.34. The highest BCUT2D eigenvalue weighted by Gasteiger charge is 2.44. The van der Waals surface area contributed by atoms with E-state index < -0.39 is 12.3 Å². The first-order valence-corrected chi connectivity index (χ1v) is 16.7. The number of carbonyl (C=O) groups is 3. The van der Waals surface area contributed by atoms with Crippen LogP contribution in [0, 0.1) is 5.92 Å². The van der Waals surface area contributed by atoms with E-state index in [0.717, 1.165) is 42.4 Å². The van der Waals surface area contributed by atoms with Gasteiger partial charge in [0.15, 0.2) is 6.29 Å². The minimum atomic E-state index is -1.02. The van der Waals surface area contributed by atoms with Crippen LogP contribution in [0.4, 0.5) is 5.69 Å². The lowest BCUT2D eigenvalue weighted by Crippen LogP contribution is -2.61. The molecule has 4 N–H and O–H groups in total. The molecule has 5 rings (SSSR count). The zero-order valence-corrected chi connectivity index (χ0v) is 27.2. The van der Waals surface area contributed by atoms with Crippen molar-refractivity contribution < 1.29 is 34.1 Å². The summed E-state index contributed by atoms with van der Waals surface area (Å²) in [5.41, 5.74) is 2.73. The second-order valence-corrected chi connectivity index (χ2v) is 14.1. The Kier molecular flexibility index (Phi) is 11.1. The second-order valence-electron chi connectivity index (χ2n) is 14.1. The number of ether oxygens (including phenoxy) is 2. The van der Waals surface area contributed by atoms with Gasteiger partial charge in [-0.1, -0.05) is 49.2 Å². The molecular weight excluding hydrogens is 586 g/mol. The normalized spacial score (nSPS) is 27.0. The monoisotopic (exact) mass is 635 g/mol. The van der Waals surface area contributed by atoms with E-state index in [4.69, 9.17) is 14.6 Å². The number of piperidine rings is 1. The Balaban J connectivity index is 1.41. The van der Waals surface area contributed by atoms with Crippen LogP contribution in [0.5, 0.6) is 0 Å². The number of rotatable bonds is 10. The van der Waals surface area contributed by atoms with Gasteiger partial charge in [-0.15, -0.1) is 0 Å². The van der Waals surface area contributed by atoms with E-state index in [9.17, 15) is 19.5 Å². The van der Waals surface area contributed by atoms with Crippen LogP contribution in [0.2, 0.25) is 0 Å². The smallest absolute Gasteiger partial charge is 0.303 e.